The fourth-order valence-electron chi connectivity index (χ4n) is 1.82. The fraction of sp³-hybridized carbons (Fsp3) is 0.214. The van der Waals surface area contributed by atoms with E-state index < -0.39 is 0 Å². The van der Waals surface area contributed by atoms with Crippen molar-refractivity contribution in [1.82, 2.24) is 4.90 Å². The van der Waals surface area contributed by atoms with Gasteiger partial charge in [-0.3, -0.25) is 4.79 Å². The van der Waals surface area contributed by atoms with Gasteiger partial charge in [-0.05, 0) is 29.1 Å². The molecule has 1 amide bonds. The first kappa shape index (κ1) is 13.4. The summed E-state index contributed by atoms with van der Waals surface area (Å²) in [7, 11) is 3.33. The maximum absolute atomic E-state index is 12.3. The number of ether oxygens (including phenoxy) is 1. The summed E-state index contributed by atoms with van der Waals surface area (Å²) < 4.78 is 5.17. The van der Waals surface area contributed by atoms with Crippen molar-refractivity contribution in [2.75, 3.05) is 19.9 Å². The minimum atomic E-state index is -0.0470. The van der Waals surface area contributed by atoms with Crippen molar-refractivity contribution in [1.29, 1.82) is 0 Å². The summed E-state index contributed by atoms with van der Waals surface area (Å²) in [5, 5.41) is 1.85. The molecule has 1 aromatic carbocycles. The lowest BCUT2D eigenvalue weighted by Gasteiger charge is -2.17. The Morgan fingerprint density at radius 1 is 1.42 bits per heavy atom. The molecule has 0 radical (unpaired) electrons. The summed E-state index contributed by atoms with van der Waals surface area (Å²) in [6.07, 6.45) is 0. The van der Waals surface area contributed by atoms with Crippen molar-refractivity contribution in [3.05, 3.63) is 46.2 Å². The number of nitrogen functional groups attached to an aromatic ring is 1. The average molecular weight is 276 g/mol. The molecule has 0 atom stereocenters. The molecule has 0 saturated carbocycles. The summed E-state index contributed by atoms with van der Waals surface area (Å²) in [6, 6.07) is 9.33. The Hall–Kier alpha value is -2.01. The highest BCUT2D eigenvalue weighted by Crippen LogP contribution is 2.26. The third kappa shape index (κ3) is 3.06. The van der Waals surface area contributed by atoms with Crippen molar-refractivity contribution in [3.8, 4) is 5.75 Å². The number of rotatable bonds is 4. The Morgan fingerprint density at radius 3 is 2.89 bits per heavy atom. The topological polar surface area (TPSA) is 55.6 Å². The van der Waals surface area contributed by atoms with Gasteiger partial charge in [-0.15, -0.1) is 11.3 Å². The van der Waals surface area contributed by atoms with Gasteiger partial charge in [0, 0.05) is 19.3 Å². The number of carbonyl (C=O) groups is 1. The number of methoxy groups -OCH3 is 1. The van der Waals surface area contributed by atoms with Crippen LogP contribution in [0.4, 0.5) is 5.69 Å². The molecular weight excluding hydrogens is 260 g/mol. The normalized spacial score (nSPS) is 10.2. The Balaban J connectivity index is 2.12. The summed E-state index contributed by atoms with van der Waals surface area (Å²) in [4.78, 5) is 14.6. The highest BCUT2D eigenvalue weighted by molar-refractivity contribution is 7.12. The summed E-state index contributed by atoms with van der Waals surface area (Å²) in [6.45, 7) is 0.519. The quantitative estimate of drug-likeness (QED) is 0.873. The van der Waals surface area contributed by atoms with E-state index in [4.69, 9.17) is 10.5 Å². The Bertz CT molecular complexity index is 580. The lowest BCUT2D eigenvalue weighted by molar-refractivity contribution is 0.0787. The second kappa shape index (κ2) is 5.75. The largest absolute Gasteiger partial charge is 0.495 e. The molecule has 100 valence electrons. The molecule has 0 saturated heterocycles. The zero-order chi connectivity index (χ0) is 13.8. The van der Waals surface area contributed by atoms with Crippen molar-refractivity contribution >= 4 is 22.9 Å². The van der Waals surface area contributed by atoms with Crippen LogP contribution in [0.5, 0.6) is 5.75 Å². The molecule has 1 heterocycles. The number of nitrogens with zero attached hydrogens (tertiary/aromatic N) is 1. The van der Waals surface area contributed by atoms with Crippen molar-refractivity contribution in [2.24, 2.45) is 0 Å². The number of hydrogen-bond donors (Lipinski definition) is 1. The highest BCUT2D eigenvalue weighted by atomic mass is 32.1. The van der Waals surface area contributed by atoms with Crippen LogP contribution in [0.25, 0.3) is 0 Å². The molecule has 0 aliphatic heterocycles. The lowest BCUT2D eigenvalue weighted by Crippen LogP contribution is -2.25. The maximum atomic E-state index is 12.3. The molecule has 0 aliphatic rings. The van der Waals surface area contributed by atoms with Crippen molar-refractivity contribution in [3.63, 3.8) is 0 Å². The summed E-state index contributed by atoms with van der Waals surface area (Å²) in [5.74, 6) is 0.573. The predicted molar refractivity (Wildman–Crippen MR) is 77.5 cm³/mol. The van der Waals surface area contributed by atoms with Crippen LogP contribution in [0.2, 0.25) is 0 Å². The molecular formula is C14H16N2O2S. The molecule has 0 spiro atoms. The second-order valence-corrected chi connectivity index (χ2v) is 5.14. The van der Waals surface area contributed by atoms with Gasteiger partial charge < -0.3 is 15.4 Å². The van der Waals surface area contributed by atoms with Gasteiger partial charge in [0.05, 0.1) is 7.11 Å². The number of anilines is 1. The smallest absolute Gasteiger partial charge is 0.267 e. The molecule has 0 bridgehead atoms. The monoisotopic (exact) mass is 276 g/mol. The molecule has 19 heavy (non-hydrogen) atoms. The molecule has 2 aromatic rings. The van der Waals surface area contributed by atoms with Crippen molar-refractivity contribution < 1.29 is 9.53 Å². The van der Waals surface area contributed by atoms with E-state index >= 15 is 0 Å². The number of nitrogens with two attached hydrogens (primary N) is 1. The van der Waals surface area contributed by atoms with Gasteiger partial charge in [0.2, 0.25) is 0 Å². The molecule has 2 N–H and O–H groups in total. The van der Waals surface area contributed by atoms with Crippen LogP contribution in [0.3, 0.4) is 0 Å². The summed E-state index contributed by atoms with van der Waals surface area (Å²) >= 11 is 1.38. The van der Waals surface area contributed by atoms with Gasteiger partial charge >= 0.3 is 0 Å². The standard InChI is InChI=1S/C14H16N2O2S/c1-16(9-10-4-3-5-11(15)8-10)14(17)13-12(18-2)6-7-19-13/h3-8H,9,15H2,1-2H3. The highest BCUT2D eigenvalue weighted by Gasteiger charge is 2.18. The minimum absolute atomic E-state index is 0.0470. The van der Waals surface area contributed by atoms with Gasteiger partial charge in [-0.1, -0.05) is 12.1 Å². The Morgan fingerprint density at radius 2 is 2.21 bits per heavy atom. The van der Waals surface area contributed by atoms with E-state index in [1.165, 1.54) is 11.3 Å². The average Bonchev–Trinajstić information content (AvgIpc) is 2.86. The lowest BCUT2D eigenvalue weighted by atomic mass is 10.2. The van der Waals surface area contributed by atoms with E-state index in [0.717, 1.165) is 5.56 Å². The number of carbonyl (C=O) groups excluding carboxylic acids is 1. The second-order valence-electron chi connectivity index (χ2n) is 4.22. The SMILES string of the molecule is COc1ccsc1C(=O)N(C)Cc1cccc(N)c1. The maximum Gasteiger partial charge on any atom is 0.267 e. The van der Waals surface area contributed by atoms with E-state index in [1.54, 1.807) is 25.1 Å². The van der Waals surface area contributed by atoms with Gasteiger partial charge in [0.1, 0.15) is 10.6 Å². The van der Waals surface area contributed by atoms with E-state index in [2.05, 4.69) is 0 Å². The fourth-order valence-corrected chi connectivity index (χ4v) is 2.68. The van der Waals surface area contributed by atoms with Crippen LogP contribution in [0.1, 0.15) is 15.2 Å². The zero-order valence-corrected chi connectivity index (χ0v) is 11.7. The van der Waals surface area contributed by atoms with E-state index in [0.29, 0.717) is 22.9 Å². The van der Waals surface area contributed by atoms with Crippen LogP contribution in [-0.4, -0.2) is 25.0 Å². The first-order valence-electron chi connectivity index (χ1n) is 5.83. The summed E-state index contributed by atoms with van der Waals surface area (Å²) in [5.41, 5.74) is 7.44. The van der Waals surface area contributed by atoms with E-state index in [-0.39, 0.29) is 5.91 Å². The molecule has 0 aliphatic carbocycles. The molecule has 0 fully saturated rings. The van der Waals surface area contributed by atoms with E-state index in [1.807, 2.05) is 29.6 Å². The molecule has 5 heteroatoms. The molecule has 0 unspecified atom stereocenters. The number of hydrogen-bond acceptors (Lipinski definition) is 4. The zero-order valence-electron chi connectivity index (χ0n) is 10.9. The minimum Gasteiger partial charge on any atom is -0.495 e. The van der Waals surface area contributed by atoms with Crippen LogP contribution in [-0.2, 0) is 6.54 Å². The van der Waals surface area contributed by atoms with Gasteiger partial charge in [-0.25, -0.2) is 0 Å². The van der Waals surface area contributed by atoms with Gasteiger partial charge in [0.15, 0.2) is 0 Å². The van der Waals surface area contributed by atoms with Crippen LogP contribution < -0.4 is 10.5 Å². The molecule has 2 rings (SSSR count). The van der Waals surface area contributed by atoms with E-state index in [9.17, 15) is 4.79 Å². The molecule has 1 aromatic heterocycles. The Kier molecular flexibility index (Phi) is 4.06. The first-order chi connectivity index (χ1) is 9.11. The Labute approximate surface area is 116 Å². The van der Waals surface area contributed by atoms with Crippen molar-refractivity contribution in [2.45, 2.75) is 6.54 Å². The number of thiophene rings is 1. The third-order valence-corrected chi connectivity index (χ3v) is 3.64. The van der Waals surface area contributed by atoms with Crippen LogP contribution in [0, 0.1) is 0 Å². The number of amides is 1. The van der Waals surface area contributed by atoms with Gasteiger partial charge in [0.25, 0.3) is 5.91 Å². The third-order valence-electron chi connectivity index (χ3n) is 2.76. The first-order valence-corrected chi connectivity index (χ1v) is 6.71. The number of benzene rings is 1. The van der Waals surface area contributed by atoms with Crippen LogP contribution in [0.15, 0.2) is 35.7 Å². The molecule has 4 nitrogen and oxygen atoms in total. The predicted octanol–water partition coefficient (Wildman–Crippen LogP) is 2.61. The van der Waals surface area contributed by atoms with Crippen LogP contribution >= 0.6 is 11.3 Å². The van der Waals surface area contributed by atoms with Gasteiger partial charge in [-0.2, -0.15) is 0 Å².